The maximum absolute atomic E-state index is 13.7. The first-order valence-corrected chi connectivity index (χ1v) is 7.62. The maximum Gasteiger partial charge on any atom is 0.307 e. The summed E-state index contributed by atoms with van der Waals surface area (Å²) in [5.41, 5.74) is 2.98. The molecule has 0 spiro atoms. The van der Waals surface area contributed by atoms with Gasteiger partial charge in [-0.25, -0.2) is 4.39 Å². The number of aromatic nitrogens is 1. The smallest absolute Gasteiger partial charge is 0.307 e. The largest absolute Gasteiger partial charge is 0.481 e. The zero-order valence-electron chi connectivity index (χ0n) is 12.6. The van der Waals surface area contributed by atoms with Gasteiger partial charge in [0.1, 0.15) is 5.82 Å². The molecule has 1 aliphatic rings. The second-order valence-corrected chi connectivity index (χ2v) is 5.80. The van der Waals surface area contributed by atoms with Crippen LogP contribution in [-0.4, -0.2) is 29.1 Å². The monoisotopic (exact) mass is 302 g/mol. The van der Waals surface area contributed by atoms with Crippen LogP contribution in [0.15, 0.2) is 18.2 Å². The van der Waals surface area contributed by atoms with E-state index < -0.39 is 5.97 Å². The number of aryl methyl sites for hydroxylation is 1. The lowest BCUT2D eigenvalue weighted by Gasteiger charge is -2.32. The van der Waals surface area contributed by atoms with Gasteiger partial charge in [0.25, 0.3) is 0 Å². The molecule has 0 bridgehead atoms. The number of piperidine rings is 1. The lowest BCUT2D eigenvalue weighted by atomic mass is 10.00. The van der Waals surface area contributed by atoms with Crippen molar-refractivity contribution >= 4 is 22.6 Å². The Morgan fingerprint density at radius 2 is 2.05 bits per heavy atom. The Kier molecular flexibility index (Phi) is 3.96. The number of halogens is 1. The van der Waals surface area contributed by atoms with Gasteiger partial charge in [-0.3, -0.25) is 9.78 Å². The molecular weight excluding hydrogens is 283 g/mol. The highest BCUT2D eigenvalue weighted by atomic mass is 19.1. The highest BCUT2D eigenvalue weighted by Gasteiger charge is 2.22. The van der Waals surface area contributed by atoms with Crippen LogP contribution in [0.5, 0.6) is 0 Å². The molecule has 2 heterocycles. The summed E-state index contributed by atoms with van der Waals surface area (Å²) >= 11 is 0. The van der Waals surface area contributed by atoms with E-state index in [1.54, 1.807) is 6.07 Å². The standard InChI is InChI=1S/C17H19FN2O2/c1-11-13(10-16(21)22)17(20-7-3-2-4-8-20)14-9-12(18)5-6-15(14)19-11/h5-6,9H,2-4,7-8,10H2,1H3,(H,21,22). The van der Waals surface area contributed by atoms with Gasteiger partial charge < -0.3 is 10.0 Å². The van der Waals surface area contributed by atoms with Gasteiger partial charge >= 0.3 is 5.97 Å². The van der Waals surface area contributed by atoms with Crippen molar-refractivity contribution in [3.63, 3.8) is 0 Å². The third kappa shape index (κ3) is 2.75. The number of hydrogen-bond acceptors (Lipinski definition) is 3. The maximum atomic E-state index is 13.7. The van der Waals surface area contributed by atoms with Gasteiger partial charge in [0.15, 0.2) is 0 Å². The summed E-state index contributed by atoms with van der Waals surface area (Å²) in [4.78, 5) is 17.9. The van der Waals surface area contributed by atoms with Crippen molar-refractivity contribution in [2.45, 2.75) is 32.6 Å². The van der Waals surface area contributed by atoms with Gasteiger partial charge in [0.05, 0.1) is 17.6 Å². The van der Waals surface area contributed by atoms with Crippen LogP contribution in [-0.2, 0) is 11.2 Å². The normalized spacial score (nSPS) is 15.3. The molecule has 0 unspecified atom stereocenters. The van der Waals surface area contributed by atoms with E-state index in [0.29, 0.717) is 22.2 Å². The average molecular weight is 302 g/mol. The van der Waals surface area contributed by atoms with Crippen molar-refractivity contribution in [3.8, 4) is 0 Å². The predicted molar refractivity (Wildman–Crippen MR) is 83.8 cm³/mol. The van der Waals surface area contributed by atoms with Gasteiger partial charge in [-0.1, -0.05) is 0 Å². The molecule has 0 radical (unpaired) electrons. The SMILES string of the molecule is Cc1nc2ccc(F)cc2c(N2CCCCC2)c1CC(=O)O. The van der Waals surface area contributed by atoms with Crippen molar-refractivity contribution in [1.82, 2.24) is 4.98 Å². The van der Waals surface area contributed by atoms with Crippen LogP contribution in [0.3, 0.4) is 0 Å². The predicted octanol–water partition coefficient (Wildman–Crippen LogP) is 3.30. The molecule has 0 amide bonds. The van der Waals surface area contributed by atoms with Gasteiger partial charge in [0.2, 0.25) is 0 Å². The summed E-state index contributed by atoms with van der Waals surface area (Å²) in [6.07, 6.45) is 3.24. The first-order chi connectivity index (χ1) is 10.6. The van der Waals surface area contributed by atoms with E-state index >= 15 is 0 Å². The number of carboxylic acid groups (broad SMARTS) is 1. The van der Waals surface area contributed by atoms with E-state index in [1.165, 1.54) is 18.6 Å². The molecule has 1 aromatic carbocycles. The van der Waals surface area contributed by atoms with E-state index in [9.17, 15) is 14.3 Å². The first kappa shape index (κ1) is 14.8. The van der Waals surface area contributed by atoms with Gasteiger partial charge in [-0.05, 0) is 44.4 Å². The van der Waals surface area contributed by atoms with Gasteiger partial charge in [0, 0.05) is 29.7 Å². The van der Waals surface area contributed by atoms with Crippen LogP contribution < -0.4 is 4.90 Å². The van der Waals surface area contributed by atoms with E-state index in [-0.39, 0.29) is 12.2 Å². The highest BCUT2D eigenvalue weighted by Crippen LogP contribution is 2.34. The van der Waals surface area contributed by atoms with Crippen LogP contribution >= 0.6 is 0 Å². The van der Waals surface area contributed by atoms with E-state index in [4.69, 9.17) is 0 Å². The first-order valence-electron chi connectivity index (χ1n) is 7.62. The summed E-state index contributed by atoms with van der Waals surface area (Å²) in [5.74, 6) is -1.21. The number of fused-ring (bicyclic) bond motifs is 1. The van der Waals surface area contributed by atoms with E-state index in [1.807, 2.05) is 6.92 Å². The number of pyridine rings is 1. The Balaban J connectivity index is 2.25. The molecule has 0 aliphatic carbocycles. The van der Waals surface area contributed by atoms with Crippen molar-refractivity contribution in [2.24, 2.45) is 0 Å². The minimum absolute atomic E-state index is 0.0862. The number of hydrogen-bond donors (Lipinski definition) is 1. The van der Waals surface area contributed by atoms with E-state index in [2.05, 4.69) is 9.88 Å². The highest BCUT2D eigenvalue weighted by molar-refractivity contribution is 5.95. The fourth-order valence-electron chi connectivity index (χ4n) is 3.22. The topological polar surface area (TPSA) is 53.4 Å². The number of aliphatic carboxylic acids is 1. The molecule has 0 saturated carbocycles. The molecular formula is C17H19FN2O2. The number of rotatable bonds is 3. The van der Waals surface area contributed by atoms with Crippen LogP contribution in [0.2, 0.25) is 0 Å². The second-order valence-electron chi connectivity index (χ2n) is 5.80. The minimum atomic E-state index is -0.890. The third-order valence-corrected chi connectivity index (χ3v) is 4.22. The molecule has 2 aromatic rings. The summed E-state index contributed by atoms with van der Waals surface area (Å²) in [6.45, 7) is 3.58. The molecule has 116 valence electrons. The van der Waals surface area contributed by atoms with Gasteiger partial charge in [-0.2, -0.15) is 0 Å². The molecule has 1 fully saturated rings. The third-order valence-electron chi connectivity index (χ3n) is 4.22. The van der Waals surface area contributed by atoms with Crippen LogP contribution in [0.4, 0.5) is 10.1 Å². The molecule has 1 aliphatic heterocycles. The Morgan fingerprint density at radius 1 is 1.32 bits per heavy atom. The Hall–Kier alpha value is -2.17. The Morgan fingerprint density at radius 3 is 2.73 bits per heavy atom. The van der Waals surface area contributed by atoms with Crippen molar-refractivity contribution in [2.75, 3.05) is 18.0 Å². The van der Waals surface area contributed by atoms with Crippen molar-refractivity contribution in [3.05, 3.63) is 35.3 Å². The number of benzene rings is 1. The van der Waals surface area contributed by atoms with Crippen molar-refractivity contribution in [1.29, 1.82) is 0 Å². The molecule has 1 N–H and O–H groups in total. The zero-order chi connectivity index (χ0) is 15.7. The number of carboxylic acids is 1. The molecule has 1 aromatic heterocycles. The zero-order valence-corrected chi connectivity index (χ0v) is 12.6. The van der Waals surface area contributed by atoms with Crippen LogP contribution in [0, 0.1) is 12.7 Å². The number of carbonyl (C=O) groups is 1. The minimum Gasteiger partial charge on any atom is -0.481 e. The van der Waals surface area contributed by atoms with Gasteiger partial charge in [-0.15, -0.1) is 0 Å². The summed E-state index contributed by atoms with van der Waals surface area (Å²) in [5, 5.41) is 9.93. The fraction of sp³-hybridized carbons (Fsp3) is 0.412. The molecule has 0 atom stereocenters. The van der Waals surface area contributed by atoms with Crippen LogP contribution in [0.1, 0.15) is 30.5 Å². The summed E-state index contributed by atoms with van der Waals surface area (Å²) < 4.78 is 13.7. The summed E-state index contributed by atoms with van der Waals surface area (Å²) in [6, 6.07) is 4.53. The molecule has 4 nitrogen and oxygen atoms in total. The molecule has 1 saturated heterocycles. The summed E-state index contributed by atoms with van der Waals surface area (Å²) in [7, 11) is 0. The molecule has 22 heavy (non-hydrogen) atoms. The molecule has 5 heteroatoms. The Labute approximate surface area is 128 Å². The fourth-order valence-corrected chi connectivity index (χ4v) is 3.22. The second kappa shape index (κ2) is 5.91. The lowest BCUT2D eigenvalue weighted by molar-refractivity contribution is -0.136. The Bertz CT molecular complexity index is 724. The number of anilines is 1. The van der Waals surface area contributed by atoms with E-state index in [0.717, 1.165) is 31.6 Å². The van der Waals surface area contributed by atoms with Crippen LogP contribution in [0.25, 0.3) is 10.9 Å². The lowest BCUT2D eigenvalue weighted by Crippen LogP contribution is -2.31. The average Bonchev–Trinajstić information content (AvgIpc) is 2.49. The van der Waals surface area contributed by atoms with Crippen molar-refractivity contribution < 1.29 is 14.3 Å². The number of nitrogens with zero attached hydrogens (tertiary/aromatic N) is 2. The molecule has 3 rings (SSSR count). The quantitative estimate of drug-likeness (QED) is 0.945.